The molecule has 0 saturated carbocycles. The van der Waals surface area contributed by atoms with Crippen LogP contribution in [0.5, 0.6) is 0 Å². The zero-order chi connectivity index (χ0) is 28.3. The summed E-state index contributed by atoms with van der Waals surface area (Å²) in [5.74, 6) is 1.58. The van der Waals surface area contributed by atoms with Crippen molar-refractivity contribution in [3.8, 4) is 28.5 Å². The zero-order valence-corrected chi connectivity index (χ0v) is 24.6. The molecule has 0 atom stereocenters. The van der Waals surface area contributed by atoms with Crippen molar-refractivity contribution < 1.29 is 0 Å². The van der Waals surface area contributed by atoms with Crippen LogP contribution < -0.4 is 0 Å². The molecule has 3 nitrogen and oxygen atoms in total. The monoisotopic (exact) mass is 585 g/mol. The lowest BCUT2D eigenvalue weighted by Crippen LogP contribution is -2.04. The molecule has 1 aliphatic rings. The highest BCUT2D eigenvalue weighted by molar-refractivity contribution is 8.05. The van der Waals surface area contributed by atoms with E-state index in [9.17, 15) is 0 Å². The molecule has 0 bridgehead atoms. The summed E-state index contributed by atoms with van der Waals surface area (Å²) < 4.78 is 2.40. The Balaban J connectivity index is 1.43. The number of nitrogens with zero attached hydrogens (tertiary/aromatic N) is 3. The van der Waals surface area contributed by atoms with Crippen molar-refractivity contribution in [1.82, 2.24) is 14.5 Å². The van der Waals surface area contributed by atoms with Crippen molar-refractivity contribution >= 4 is 56.1 Å². The van der Waals surface area contributed by atoms with Crippen molar-refractivity contribution in [2.75, 3.05) is 0 Å². The molecule has 0 spiro atoms. The number of hydrogen-bond acceptors (Lipinski definition) is 4. The van der Waals surface area contributed by atoms with Gasteiger partial charge in [-0.3, -0.25) is 4.57 Å². The fourth-order valence-corrected chi connectivity index (χ4v) is 8.47. The van der Waals surface area contributed by atoms with E-state index in [2.05, 4.69) is 120 Å². The van der Waals surface area contributed by atoms with Crippen LogP contribution in [-0.2, 0) is 0 Å². The molecule has 0 unspecified atom stereocenters. The molecule has 0 aliphatic carbocycles. The molecule has 0 fully saturated rings. The molecular formula is C38H23N3S2. The van der Waals surface area contributed by atoms with Gasteiger partial charge in [-0.05, 0) is 23.6 Å². The minimum Gasteiger partial charge on any atom is -0.292 e. The quantitative estimate of drug-likeness (QED) is 0.206. The van der Waals surface area contributed by atoms with Gasteiger partial charge in [0.15, 0.2) is 5.82 Å². The summed E-state index contributed by atoms with van der Waals surface area (Å²) in [6.07, 6.45) is 0. The molecule has 3 heterocycles. The minimum atomic E-state index is 0.712. The van der Waals surface area contributed by atoms with Crippen molar-refractivity contribution in [2.45, 2.75) is 19.6 Å². The fourth-order valence-electron chi connectivity index (χ4n) is 6.09. The predicted molar refractivity (Wildman–Crippen MR) is 179 cm³/mol. The van der Waals surface area contributed by atoms with Gasteiger partial charge in [-0.2, -0.15) is 0 Å². The largest absolute Gasteiger partial charge is 0.292 e. The molecule has 5 heteroatoms. The van der Waals surface area contributed by atoms with Gasteiger partial charge in [-0.25, -0.2) is 9.97 Å². The molecule has 2 aromatic heterocycles. The molecule has 0 saturated heterocycles. The molecule has 0 radical (unpaired) electrons. The lowest BCUT2D eigenvalue weighted by atomic mass is 10.1. The summed E-state index contributed by atoms with van der Waals surface area (Å²) in [6.45, 7) is 0. The number of hydrogen-bond donors (Lipinski definition) is 0. The van der Waals surface area contributed by atoms with E-state index in [-0.39, 0.29) is 0 Å². The molecule has 202 valence electrons. The Bertz CT molecular complexity index is 2290. The maximum Gasteiger partial charge on any atom is 0.162 e. The SMILES string of the molecule is c1ccc(-c2cc(-n3c4c5c(ccc4c4ccc6ccccc6c43)Sc3ccccc3S5)nc(-c3ccccc3)n2)cc1. The van der Waals surface area contributed by atoms with Crippen molar-refractivity contribution in [2.24, 2.45) is 0 Å². The smallest absolute Gasteiger partial charge is 0.162 e. The first-order chi connectivity index (χ1) is 21.3. The Morgan fingerprint density at radius 3 is 1.93 bits per heavy atom. The van der Waals surface area contributed by atoms with Crippen LogP contribution in [0.3, 0.4) is 0 Å². The average molecular weight is 586 g/mol. The molecular weight excluding hydrogens is 563 g/mol. The second kappa shape index (κ2) is 9.87. The van der Waals surface area contributed by atoms with Crippen LogP contribution in [0.2, 0.25) is 0 Å². The number of rotatable bonds is 3. The molecule has 0 amide bonds. The highest BCUT2D eigenvalue weighted by atomic mass is 32.2. The molecule has 6 aromatic carbocycles. The normalized spacial score (nSPS) is 12.5. The summed E-state index contributed by atoms with van der Waals surface area (Å²) >= 11 is 3.71. The third-order valence-electron chi connectivity index (χ3n) is 8.06. The first-order valence-electron chi connectivity index (χ1n) is 14.3. The predicted octanol–water partition coefficient (Wildman–Crippen LogP) is 10.7. The van der Waals surface area contributed by atoms with Crippen molar-refractivity contribution in [1.29, 1.82) is 0 Å². The van der Waals surface area contributed by atoms with Gasteiger partial charge in [0.2, 0.25) is 0 Å². The minimum absolute atomic E-state index is 0.712. The van der Waals surface area contributed by atoms with E-state index in [0.29, 0.717) is 5.82 Å². The summed E-state index contributed by atoms with van der Waals surface area (Å²) in [6, 6.07) is 49.3. The standard InChI is InChI=1S/C38H23N3S2/c1-3-12-25(13-4-1)30-23-34(40-38(39-30)26-14-5-2-6-15-26)41-35-27-16-8-7-11-24(27)19-20-28(35)29-21-22-33-37(36(29)41)43-32-18-10-9-17-31(32)42-33/h1-23H. The second-order valence-electron chi connectivity index (χ2n) is 10.6. The van der Waals surface area contributed by atoms with Crippen molar-refractivity contribution in [3.63, 3.8) is 0 Å². The van der Waals surface area contributed by atoms with E-state index < -0.39 is 0 Å². The molecule has 8 aromatic rings. The summed E-state index contributed by atoms with van der Waals surface area (Å²) in [5, 5.41) is 4.87. The van der Waals surface area contributed by atoms with Crippen molar-refractivity contribution in [3.05, 3.63) is 140 Å². The summed E-state index contributed by atoms with van der Waals surface area (Å²) in [4.78, 5) is 15.5. The molecule has 9 rings (SSSR count). The van der Waals surface area contributed by atoms with Gasteiger partial charge in [0, 0.05) is 48.0 Å². The first-order valence-corrected chi connectivity index (χ1v) is 15.9. The summed E-state index contributed by atoms with van der Waals surface area (Å²) in [7, 11) is 0. The lowest BCUT2D eigenvalue weighted by Gasteiger charge is -2.20. The zero-order valence-electron chi connectivity index (χ0n) is 22.9. The number of aromatic nitrogens is 3. The van der Waals surface area contributed by atoms with Gasteiger partial charge in [0.1, 0.15) is 5.82 Å². The van der Waals surface area contributed by atoms with Gasteiger partial charge in [0.05, 0.1) is 21.6 Å². The number of benzene rings is 6. The van der Waals surface area contributed by atoms with E-state index >= 15 is 0 Å². The Morgan fingerprint density at radius 2 is 1.12 bits per heavy atom. The molecule has 43 heavy (non-hydrogen) atoms. The van der Waals surface area contributed by atoms with Crippen LogP contribution in [0.15, 0.2) is 159 Å². The number of fused-ring (bicyclic) bond motifs is 8. The van der Waals surface area contributed by atoms with Crippen LogP contribution >= 0.6 is 23.5 Å². The maximum absolute atomic E-state index is 5.31. The maximum atomic E-state index is 5.31. The molecule has 0 N–H and O–H groups in total. The fraction of sp³-hybridized carbons (Fsp3) is 0. The Kier molecular flexibility index (Phi) is 5.68. The van der Waals surface area contributed by atoms with Gasteiger partial charge < -0.3 is 0 Å². The van der Waals surface area contributed by atoms with Gasteiger partial charge >= 0.3 is 0 Å². The van der Waals surface area contributed by atoms with Crippen LogP contribution in [0.1, 0.15) is 0 Å². The van der Waals surface area contributed by atoms with Gasteiger partial charge in [-0.15, -0.1) is 0 Å². The van der Waals surface area contributed by atoms with Crippen LogP contribution in [0.25, 0.3) is 61.0 Å². The van der Waals surface area contributed by atoms with Gasteiger partial charge in [-0.1, -0.05) is 139 Å². The lowest BCUT2D eigenvalue weighted by molar-refractivity contribution is 1.03. The summed E-state index contributed by atoms with van der Waals surface area (Å²) in [5.41, 5.74) is 5.31. The van der Waals surface area contributed by atoms with Gasteiger partial charge in [0.25, 0.3) is 0 Å². The average Bonchev–Trinajstić information content (AvgIpc) is 3.43. The molecule has 1 aliphatic heterocycles. The third kappa shape index (κ3) is 4.00. The Labute approximate surface area is 257 Å². The highest BCUT2D eigenvalue weighted by Crippen LogP contribution is 2.53. The Hall–Kier alpha value is -4.84. The van der Waals surface area contributed by atoms with E-state index in [1.807, 2.05) is 47.8 Å². The topological polar surface area (TPSA) is 30.7 Å². The third-order valence-corrected chi connectivity index (χ3v) is 10.6. The van der Waals surface area contributed by atoms with E-state index in [1.165, 1.54) is 52.2 Å². The first kappa shape index (κ1) is 24.7. The second-order valence-corrected chi connectivity index (χ2v) is 12.8. The highest BCUT2D eigenvalue weighted by Gasteiger charge is 2.25. The van der Waals surface area contributed by atoms with E-state index in [0.717, 1.165) is 22.6 Å². The van der Waals surface area contributed by atoms with Crippen LogP contribution in [0, 0.1) is 0 Å². The Morgan fingerprint density at radius 1 is 0.465 bits per heavy atom. The van der Waals surface area contributed by atoms with E-state index in [4.69, 9.17) is 9.97 Å². The van der Waals surface area contributed by atoms with E-state index in [1.54, 1.807) is 0 Å². The van der Waals surface area contributed by atoms with Crippen LogP contribution in [-0.4, -0.2) is 14.5 Å². The van der Waals surface area contributed by atoms with Crippen LogP contribution in [0.4, 0.5) is 0 Å².